The molecule has 1 aliphatic rings. The van der Waals surface area contributed by atoms with Gasteiger partial charge in [0.15, 0.2) is 11.5 Å². The number of hydrogen-bond acceptors (Lipinski definition) is 4. The van der Waals surface area contributed by atoms with E-state index >= 15 is 0 Å². The molecule has 0 saturated carbocycles. The Labute approximate surface area is 164 Å². The molecule has 0 saturated heterocycles. The van der Waals surface area contributed by atoms with Crippen LogP contribution in [0.3, 0.4) is 0 Å². The van der Waals surface area contributed by atoms with E-state index in [2.05, 4.69) is 10.00 Å². The van der Waals surface area contributed by atoms with Crippen LogP contribution in [0.1, 0.15) is 28.1 Å². The van der Waals surface area contributed by atoms with Crippen LogP contribution in [0.2, 0.25) is 0 Å². The average molecular weight is 381 g/mol. The molecule has 1 N–H and O–H groups in total. The highest BCUT2D eigenvalue weighted by Crippen LogP contribution is 2.29. The lowest BCUT2D eigenvalue weighted by molar-refractivity contribution is 0.354. The number of methoxy groups -OCH3 is 2. The van der Waals surface area contributed by atoms with E-state index in [1.165, 1.54) is 23.4 Å². The fourth-order valence-electron chi connectivity index (χ4n) is 3.71. The minimum absolute atomic E-state index is 0.216. The Bertz CT molecular complexity index is 967. The van der Waals surface area contributed by atoms with Crippen LogP contribution in [0.25, 0.3) is 0 Å². The molecular formula is C22H24FN3O2. The van der Waals surface area contributed by atoms with Gasteiger partial charge in [0, 0.05) is 37.2 Å². The van der Waals surface area contributed by atoms with Gasteiger partial charge in [-0.1, -0.05) is 18.2 Å². The molecule has 3 aromatic rings. The van der Waals surface area contributed by atoms with E-state index in [-0.39, 0.29) is 5.82 Å². The summed E-state index contributed by atoms with van der Waals surface area (Å²) in [6, 6.07) is 12.6. The zero-order valence-corrected chi connectivity index (χ0v) is 16.2. The molecule has 1 aromatic heterocycles. The molecule has 0 radical (unpaired) electrons. The Kier molecular flexibility index (Phi) is 5.30. The van der Waals surface area contributed by atoms with Crippen LogP contribution >= 0.6 is 0 Å². The molecule has 0 fully saturated rings. The van der Waals surface area contributed by atoms with Gasteiger partial charge in [-0.05, 0) is 35.4 Å². The third kappa shape index (κ3) is 3.73. The van der Waals surface area contributed by atoms with Crippen molar-refractivity contribution in [3.63, 3.8) is 0 Å². The Hall–Kier alpha value is -2.86. The number of hydrogen-bond donors (Lipinski definition) is 1. The minimum Gasteiger partial charge on any atom is -0.493 e. The highest BCUT2D eigenvalue weighted by atomic mass is 19.1. The van der Waals surface area contributed by atoms with Crippen LogP contribution in [-0.4, -0.2) is 30.5 Å². The number of fused-ring (bicyclic) bond motifs is 1. The van der Waals surface area contributed by atoms with E-state index in [0.29, 0.717) is 18.7 Å². The van der Waals surface area contributed by atoms with Gasteiger partial charge < -0.3 is 14.8 Å². The van der Waals surface area contributed by atoms with Gasteiger partial charge in [-0.15, -0.1) is 0 Å². The second kappa shape index (κ2) is 8.02. The van der Waals surface area contributed by atoms with Crippen LogP contribution < -0.4 is 14.8 Å². The molecule has 1 aliphatic heterocycles. The number of ether oxygens (including phenoxy) is 2. The summed E-state index contributed by atoms with van der Waals surface area (Å²) in [5.74, 6) is 1.22. The Balaban J connectivity index is 1.64. The predicted octanol–water partition coefficient (Wildman–Crippen LogP) is 3.32. The first-order chi connectivity index (χ1) is 13.7. The molecule has 6 heteroatoms. The van der Waals surface area contributed by atoms with Crippen molar-refractivity contribution in [2.24, 2.45) is 0 Å². The van der Waals surface area contributed by atoms with Crippen molar-refractivity contribution in [1.82, 2.24) is 15.1 Å². The van der Waals surface area contributed by atoms with Crippen LogP contribution in [0.4, 0.5) is 4.39 Å². The fourth-order valence-corrected chi connectivity index (χ4v) is 3.71. The lowest BCUT2D eigenvalue weighted by Crippen LogP contribution is -2.25. The summed E-state index contributed by atoms with van der Waals surface area (Å²) in [5.41, 5.74) is 5.75. The van der Waals surface area contributed by atoms with Gasteiger partial charge in [0.05, 0.1) is 26.5 Å². The van der Waals surface area contributed by atoms with Crippen LogP contribution in [0, 0.1) is 5.82 Å². The van der Waals surface area contributed by atoms with Crippen molar-refractivity contribution < 1.29 is 13.9 Å². The molecule has 5 nitrogen and oxygen atoms in total. The number of nitrogens with one attached hydrogen (secondary N) is 1. The molecule has 146 valence electrons. The van der Waals surface area contributed by atoms with Gasteiger partial charge in [-0.3, -0.25) is 4.68 Å². The molecule has 0 unspecified atom stereocenters. The van der Waals surface area contributed by atoms with Crippen LogP contribution in [-0.2, 0) is 25.9 Å². The third-order valence-electron chi connectivity index (χ3n) is 5.16. The van der Waals surface area contributed by atoms with E-state index in [9.17, 15) is 4.39 Å². The third-order valence-corrected chi connectivity index (χ3v) is 5.16. The molecule has 2 aromatic carbocycles. The minimum atomic E-state index is -0.216. The molecule has 2 heterocycles. The molecule has 0 spiro atoms. The van der Waals surface area contributed by atoms with Crippen LogP contribution in [0.15, 0.2) is 42.5 Å². The molecule has 0 amide bonds. The summed E-state index contributed by atoms with van der Waals surface area (Å²) in [6.45, 7) is 2.44. The molecular weight excluding hydrogens is 357 g/mol. The van der Waals surface area contributed by atoms with Crippen LogP contribution in [0.5, 0.6) is 11.5 Å². The quantitative estimate of drug-likeness (QED) is 0.712. The van der Waals surface area contributed by atoms with Crippen molar-refractivity contribution in [2.75, 3.05) is 20.8 Å². The number of rotatable bonds is 6. The van der Waals surface area contributed by atoms with Crippen molar-refractivity contribution in [1.29, 1.82) is 0 Å². The maximum atomic E-state index is 13.2. The van der Waals surface area contributed by atoms with E-state index in [0.717, 1.165) is 42.1 Å². The zero-order valence-electron chi connectivity index (χ0n) is 16.2. The Morgan fingerprint density at radius 3 is 2.54 bits per heavy atom. The normalized spacial score (nSPS) is 13.2. The monoisotopic (exact) mass is 381 g/mol. The van der Waals surface area contributed by atoms with Gasteiger partial charge in [-0.25, -0.2) is 4.39 Å². The number of aromatic nitrogens is 2. The van der Waals surface area contributed by atoms with Crippen molar-refractivity contribution in [3.05, 3.63) is 76.4 Å². The van der Waals surface area contributed by atoms with E-state index in [1.54, 1.807) is 14.2 Å². The lowest BCUT2D eigenvalue weighted by Gasteiger charge is -2.16. The first-order valence-electron chi connectivity index (χ1n) is 9.41. The Morgan fingerprint density at radius 1 is 1.04 bits per heavy atom. The van der Waals surface area contributed by atoms with E-state index in [1.807, 2.05) is 30.3 Å². The van der Waals surface area contributed by atoms with Crippen molar-refractivity contribution >= 4 is 0 Å². The topological polar surface area (TPSA) is 48.3 Å². The smallest absolute Gasteiger partial charge is 0.161 e. The number of halogens is 1. The van der Waals surface area contributed by atoms with Gasteiger partial charge in [0.25, 0.3) is 0 Å². The van der Waals surface area contributed by atoms with Gasteiger partial charge in [-0.2, -0.15) is 5.10 Å². The summed E-state index contributed by atoms with van der Waals surface area (Å²) < 4.78 is 26.1. The van der Waals surface area contributed by atoms with Crippen molar-refractivity contribution in [2.45, 2.75) is 25.9 Å². The van der Waals surface area contributed by atoms with Gasteiger partial charge in [0.2, 0.25) is 0 Å². The highest BCUT2D eigenvalue weighted by molar-refractivity contribution is 5.43. The maximum absolute atomic E-state index is 13.2. The maximum Gasteiger partial charge on any atom is 0.161 e. The largest absolute Gasteiger partial charge is 0.493 e. The number of benzene rings is 2. The predicted molar refractivity (Wildman–Crippen MR) is 105 cm³/mol. The SMILES string of the molecule is COc1ccc(Cn2nc(Cc3ccc(F)cc3)c3c2CCNC3)cc1OC. The lowest BCUT2D eigenvalue weighted by atomic mass is 10.0. The summed E-state index contributed by atoms with van der Waals surface area (Å²) in [4.78, 5) is 0. The molecule has 0 atom stereocenters. The summed E-state index contributed by atoms with van der Waals surface area (Å²) in [6.07, 6.45) is 1.64. The van der Waals surface area contributed by atoms with E-state index in [4.69, 9.17) is 14.6 Å². The standard InChI is InChI=1S/C22H24FN3O2/c1-27-21-8-5-16(12-22(21)28-2)14-26-20-9-10-24-13-18(20)19(25-26)11-15-3-6-17(23)7-4-15/h3-8,12,24H,9-11,13-14H2,1-2H3. The molecule has 4 rings (SSSR count). The fraction of sp³-hybridized carbons (Fsp3) is 0.318. The summed E-state index contributed by atoms with van der Waals surface area (Å²) in [7, 11) is 3.28. The zero-order chi connectivity index (χ0) is 19.5. The summed E-state index contributed by atoms with van der Waals surface area (Å²) >= 11 is 0. The van der Waals surface area contributed by atoms with Gasteiger partial charge >= 0.3 is 0 Å². The first kappa shape index (κ1) is 18.5. The molecule has 28 heavy (non-hydrogen) atoms. The van der Waals surface area contributed by atoms with Gasteiger partial charge in [0.1, 0.15) is 5.82 Å². The second-order valence-electron chi connectivity index (χ2n) is 6.95. The van der Waals surface area contributed by atoms with Crippen molar-refractivity contribution in [3.8, 4) is 11.5 Å². The molecule has 0 aliphatic carbocycles. The highest BCUT2D eigenvalue weighted by Gasteiger charge is 2.21. The molecule has 0 bridgehead atoms. The van der Waals surface area contributed by atoms with E-state index < -0.39 is 0 Å². The number of nitrogens with zero attached hydrogens (tertiary/aromatic N) is 2. The average Bonchev–Trinajstić information content (AvgIpc) is 3.07. The first-order valence-corrected chi connectivity index (χ1v) is 9.41. The summed E-state index contributed by atoms with van der Waals surface area (Å²) in [5, 5.41) is 8.35. The second-order valence-corrected chi connectivity index (χ2v) is 6.95. The Morgan fingerprint density at radius 2 is 1.79 bits per heavy atom.